The topological polar surface area (TPSA) is 80.3 Å². The van der Waals surface area contributed by atoms with Gasteiger partial charge in [0.2, 0.25) is 5.91 Å². The van der Waals surface area contributed by atoms with Crippen molar-refractivity contribution in [2.75, 3.05) is 47.0 Å². The maximum atomic E-state index is 13.7. The Morgan fingerprint density at radius 2 is 1.65 bits per heavy atom. The van der Waals surface area contributed by atoms with E-state index in [1.54, 1.807) is 14.2 Å². The van der Waals surface area contributed by atoms with E-state index in [4.69, 9.17) is 14.2 Å². The fourth-order valence-electron chi connectivity index (χ4n) is 5.95. The fraction of sp³-hybridized carbons (Fsp3) is 0.500. The van der Waals surface area contributed by atoms with Crippen LogP contribution in [0.4, 0.5) is 9.18 Å². The molecule has 3 heterocycles. The first-order valence-electron chi connectivity index (χ1n) is 12.9. The number of hydrogen-bond acceptors (Lipinski definition) is 5. The average molecular weight is 512 g/mol. The summed E-state index contributed by atoms with van der Waals surface area (Å²) in [6.45, 7) is 2.47. The van der Waals surface area contributed by atoms with Crippen molar-refractivity contribution in [3.8, 4) is 11.5 Å². The van der Waals surface area contributed by atoms with Gasteiger partial charge in [0.15, 0.2) is 11.5 Å². The number of amides is 3. The molecule has 198 valence electrons. The van der Waals surface area contributed by atoms with E-state index >= 15 is 0 Å². The van der Waals surface area contributed by atoms with Gasteiger partial charge >= 0.3 is 6.03 Å². The summed E-state index contributed by atoms with van der Waals surface area (Å²) in [5, 5.41) is 2.96. The Morgan fingerprint density at radius 3 is 2.35 bits per heavy atom. The molecule has 2 aromatic carbocycles. The molecular formula is C28H34FN3O5. The van der Waals surface area contributed by atoms with Crippen LogP contribution in [0.15, 0.2) is 42.5 Å². The van der Waals surface area contributed by atoms with Crippen molar-refractivity contribution in [1.82, 2.24) is 15.1 Å². The van der Waals surface area contributed by atoms with Crippen molar-refractivity contribution in [2.45, 2.75) is 37.3 Å². The van der Waals surface area contributed by atoms with E-state index in [0.717, 1.165) is 30.4 Å². The van der Waals surface area contributed by atoms with Gasteiger partial charge in [0, 0.05) is 32.1 Å². The van der Waals surface area contributed by atoms with Crippen LogP contribution in [0, 0.1) is 11.7 Å². The number of rotatable bonds is 5. The number of ether oxygens (including phenoxy) is 3. The number of methoxy groups -OCH3 is 2. The molecule has 3 aliphatic heterocycles. The summed E-state index contributed by atoms with van der Waals surface area (Å²) in [5.74, 6) is 1.22. The number of hydrogen-bond donors (Lipinski definition) is 1. The van der Waals surface area contributed by atoms with E-state index < -0.39 is 0 Å². The molecule has 3 saturated heterocycles. The lowest BCUT2D eigenvalue weighted by Crippen LogP contribution is -2.62. The zero-order valence-electron chi connectivity index (χ0n) is 21.3. The molecule has 8 nitrogen and oxygen atoms in total. The van der Waals surface area contributed by atoms with Crippen molar-refractivity contribution >= 4 is 11.9 Å². The number of carbonyl (C=O) groups is 2. The first-order chi connectivity index (χ1) is 18.0. The summed E-state index contributed by atoms with van der Waals surface area (Å²) >= 11 is 0. The molecule has 0 aromatic heterocycles. The Kier molecular flexibility index (Phi) is 7.50. The second-order valence-corrected chi connectivity index (χ2v) is 10.0. The first kappa shape index (κ1) is 25.3. The normalized spacial score (nSPS) is 23.2. The highest BCUT2D eigenvalue weighted by atomic mass is 19.1. The smallest absolute Gasteiger partial charge is 0.320 e. The minimum atomic E-state index is -0.265. The Bertz CT molecular complexity index is 1120. The maximum Gasteiger partial charge on any atom is 0.320 e. The fourth-order valence-corrected chi connectivity index (χ4v) is 5.95. The number of fused-ring (bicyclic) bond motifs is 1. The first-order valence-corrected chi connectivity index (χ1v) is 12.9. The van der Waals surface area contributed by atoms with E-state index in [-0.39, 0.29) is 48.3 Å². The van der Waals surface area contributed by atoms with Crippen LogP contribution in [0.1, 0.15) is 36.3 Å². The summed E-state index contributed by atoms with van der Waals surface area (Å²) in [6, 6.07) is 12.5. The molecular weight excluding hydrogens is 477 g/mol. The Balaban J connectivity index is 1.30. The van der Waals surface area contributed by atoms with Crippen LogP contribution >= 0.6 is 0 Å². The third-order valence-electron chi connectivity index (χ3n) is 7.87. The quantitative estimate of drug-likeness (QED) is 0.666. The van der Waals surface area contributed by atoms with Crippen LogP contribution in [-0.2, 0) is 9.53 Å². The zero-order chi connectivity index (χ0) is 25.9. The molecule has 3 atom stereocenters. The zero-order valence-corrected chi connectivity index (χ0v) is 21.3. The second-order valence-electron chi connectivity index (χ2n) is 10.0. The number of nitrogens with zero attached hydrogens (tertiary/aromatic N) is 2. The average Bonchev–Trinajstić information content (AvgIpc) is 2.93. The third-order valence-corrected chi connectivity index (χ3v) is 7.87. The van der Waals surface area contributed by atoms with Crippen LogP contribution in [0.3, 0.4) is 0 Å². The lowest BCUT2D eigenvalue weighted by molar-refractivity contribution is -0.139. The van der Waals surface area contributed by atoms with Gasteiger partial charge in [-0.3, -0.25) is 4.79 Å². The molecule has 0 unspecified atom stereocenters. The largest absolute Gasteiger partial charge is 0.493 e. The van der Waals surface area contributed by atoms with E-state index in [1.165, 1.54) is 12.1 Å². The van der Waals surface area contributed by atoms with Crippen LogP contribution in [0.25, 0.3) is 0 Å². The summed E-state index contributed by atoms with van der Waals surface area (Å²) in [5.41, 5.74) is 2.11. The van der Waals surface area contributed by atoms with E-state index in [9.17, 15) is 14.0 Å². The molecule has 2 aromatic rings. The highest BCUT2D eigenvalue weighted by Gasteiger charge is 2.38. The van der Waals surface area contributed by atoms with Crippen molar-refractivity contribution in [2.24, 2.45) is 5.92 Å². The Morgan fingerprint density at radius 1 is 0.973 bits per heavy atom. The third kappa shape index (κ3) is 5.37. The van der Waals surface area contributed by atoms with Crippen LogP contribution < -0.4 is 14.8 Å². The SMILES string of the molecule is COc1ccc([C@@H](c2ccc(F)cc2)C2CCN(C(=O)N3CC[C@@H]4OCC(=O)N[C@@H]4C3)CC2)cc1OC. The molecule has 37 heavy (non-hydrogen) atoms. The maximum absolute atomic E-state index is 13.7. The molecule has 3 fully saturated rings. The summed E-state index contributed by atoms with van der Waals surface area (Å²) in [4.78, 5) is 28.8. The van der Waals surface area contributed by atoms with E-state index in [1.807, 2.05) is 40.1 Å². The van der Waals surface area contributed by atoms with Gasteiger partial charge < -0.3 is 29.3 Å². The molecule has 9 heteroatoms. The lowest BCUT2D eigenvalue weighted by Gasteiger charge is -2.44. The van der Waals surface area contributed by atoms with Crippen molar-refractivity contribution in [3.05, 3.63) is 59.4 Å². The van der Waals surface area contributed by atoms with Gasteiger partial charge in [-0.25, -0.2) is 9.18 Å². The molecule has 3 amide bonds. The molecule has 0 bridgehead atoms. The van der Waals surface area contributed by atoms with Crippen LogP contribution in [0.2, 0.25) is 0 Å². The number of halogens is 1. The van der Waals surface area contributed by atoms with Gasteiger partial charge in [-0.05, 0) is 60.6 Å². The highest BCUT2D eigenvalue weighted by Crippen LogP contribution is 2.41. The monoisotopic (exact) mass is 511 g/mol. The molecule has 0 saturated carbocycles. The standard InChI is InChI=1S/C28H34FN3O5/c1-35-24-8-5-20(15-25(24)36-2)27(18-3-6-21(29)7-4-18)19-9-12-31(13-10-19)28(34)32-14-11-23-22(16-32)30-26(33)17-37-23/h3-8,15,19,22-23,27H,9-14,16-17H2,1-2H3,(H,30,33)/t22-,23+,27+/m1/s1. The molecule has 3 aliphatic rings. The molecule has 1 N–H and O–H groups in total. The van der Waals surface area contributed by atoms with Crippen LogP contribution in [0.5, 0.6) is 11.5 Å². The molecule has 5 rings (SSSR count). The summed E-state index contributed by atoms with van der Waals surface area (Å²) in [6.07, 6.45) is 2.34. The minimum absolute atomic E-state index is 0.0150. The minimum Gasteiger partial charge on any atom is -0.493 e. The Labute approximate surface area is 216 Å². The number of carbonyl (C=O) groups excluding carboxylic acids is 2. The molecule has 0 radical (unpaired) electrons. The summed E-state index contributed by atoms with van der Waals surface area (Å²) < 4.78 is 30.3. The number of benzene rings is 2. The van der Waals surface area contributed by atoms with E-state index in [0.29, 0.717) is 37.7 Å². The van der Waals surface area contributed by atoms with Gasteiger partial charge in [-0.15, -0.1) is 0 Å². The van der Waals surface area contributed by atoms with Crippen molar-refractivity contribution < 1.29 is 28.2 Å². The van der Waals surface area contributed by atoms with Gasteiger partial charge in [0.25, 0.3) is 0 Å². The molecule has 0 spiro atoms. The highest BCUT2D eigenvalue weighted by molar-refractivity contribution is 5.79. The second kappa shape index (κ2) is 11.0. The predicted molar refractivity (Wildman–Crippen MR) is 135 cm³/mol. The number of urea groups is 1. The number of likely N-dealkylation sites (tertiary alicyclic amines) is 2. The summed E-state index contributed by atoms with van der Waals surface area (Å²) in [7, 11) is 3.23. The lowest BCUT2D eigenvalue weighted by atomic mass is 9.76. The van der Waals surface area contributed by atoms with Crippen molar-refractivity contribution in [3.63, 3.8) is 0 Å². The van der Waals surface area contributed by atoms with Gasteiger partial charge in [-0.1, -0.05) is 18.2 Å². The van der Waals surface area contributed by atoms with Gasteiger partial charge in [0.05, 0.1) is 26.4 Å². The number of piperidine rings is 2. The van der Waals surface area contributed by atoms with Crippen molar-refractivity contribution in [1.29, 1.82) is 0 Å². The molecule has 0 aliphatic carbocycles. The number of nitrogens with one attached hydrogen (secondary N) is 1. The Hall–Kier alpha value is -3.33. The van der Waals surface area contributed by atoms with E-state index in [2.05, 4.69) is 5.32 Å². The predicted octanol–water partition coefficient (Wildman–Crippen LogP) is 3.40. The van der Waals surface area contributed by atoms with Gasteiger partial charge in [0.1, 0.15) is 12.4 Å². The van der Waals surface area contributed by atoms with Crippen LogP contribution in [-0.4, -0.2) is 80.9 Å². The van der Waals surface area contributed by atoms with Gasteiger partial charge in [-0.2, -0.15) is 0 Å². The number of morpholine rings is 1.